The molecule has 0 bridgehead atoms. The maximum atomic E-state index is 13.1. The Hall–Kier alpha value is -1.18. The zero-order chi connectivity index (χ0) is 14.0. The predicted octanol–water partition coefficient (Wildman–Crippen LogP) is 2.29. The van der Waals surface area contributed by atoms with Gasteiger partial charge in [-0.25, -0.2) is 4.39 Å². The van der Waals surface area contributed by atoms with Gasteiger partial charge in [-0.3, -0.25) is 0 Å². The van der Waals surface area contributed by atoms with E-state index in [4.69, 9.17) is 9.47 Å². The van der Waals surface area contributed by atoms with E-state index >= 15 is 0 Å². The number of halogens is 4. The molecule has 106 valence electrons. The lowest BCUT2D eigenvalue weighted by Crippen LogP contribution is -2.34. The third kappa shape index (κ3) is 3.23. The summed E-state index contributed by atoms with van der Waals surface area (Å²) in [5.74, 6) is -1.37. The second kappa shape index (κ2) is 5.44. The van der Waals surface area contributed by atoms with E-state index in [2.05, 4.69) is 0 Å². The number of alkyl halides is 3. The Balaban J connectivity index is 2.24. The van der Waals surface area contributed by atoms with Crippen molar-refractivity contribution in [2.24, 2.45) is 0 Å². The molecule has 1 fully saturated rings. The van der Waals surface area contributed by atoms with E-state index in [0.29, 0.717) is 18.7 Å². The maximum Gasteiger partial charge on any atom is 0.419 e. The van der Waals surface area contributed by atoms with Crippen molar-refractivity contribution in [3.8, 4) is 0 Å². The molecule has 2 atom stereocenters. The van der Waals surface area contributed by atoms with Crippen molar-refractivity contribution in [1.82, 2.24) is 0 Å². The van der Waals surface area contributed by atoms with Crippen LogP contribution in [0.25, 0.3) is 0 Å². The summed E-state index contributed by atoms with van der Waals surface area (Å²) < 4.78 is 61.0. The fourth-order valence-electron chi connectivity index (χ4n) is 1.85. The topological polar surface area (TPSA) is 38.7 Å². The molecule has 0 aromatic heterocycles. The van der Waals surface area contributed by atoms with E-state index in [1.165, 1.54) is 0 Å². The lowest BCUT2D eigenvalue weighted by Gasteiger charge is -2.27. The van der Waals surface area contributed by atoms with Crippen molar-refractivity contribution in [3.63, 3.8) is 0 Å². The highest BCUT2D eigenvalue weighted by Gasteiger charge is 2.35. The van der Waals surface area contributed by atoms with E-state index in [1.807, 2.05) is 0 Å². The lowest BCUT2D eigenvalue weighted by molar-refractivity contribution is -0.141. The van der Waals surface area contributed by atoms with Crippen LogP contribution in [0.3, 0.4) is 0 Å². The molecule has 1 heterocycles. The zero-order valence-electron chi connectivity index (χ0n) is 9.78. The summed E-state index contributed by atoms with van der Waals surface area (Å²) in [6, 6.07) is 2.39. The largest absolute Gasteiger partial charge is 0.419 e. The van der Waals surface area contributed by atoms with Gasteiger partial charge in [-0.1, -0.05) is 6.07 Å². The van der Waals surface area contributed by atoms with E-state index in [1.54, 1.807) is 0 Å². The minimum Gasteiger partial charge on any atom is -0.386 e. The fraction of sp³-hybridized carbons (Fsp3) is 0.500. The summed E-state index contributed by atoms with van der Waals surface area (Å²) in [6.07, 6.45) is -6.84. The van der Waals surface area contributed by atoms with Crippen molar-refractivity contribution >= 4 is 0 Å². The first-order chi connectivity index (χ1) is 8.89. The van der Waals surface area contributed by atoms with Crippen LogP contribution in [0.2, 0.25) is 0 Å². The molecule has 2 rings (SSSR count). The van der Waals surface area contributed by atoms with Gasteiger partial charge in [0.15, 0.2) is 0 Å². The summed E-state index contributed by atoms with van der Waals surface area (Å²) in [4.78, 5) is 0. The highest BCUT2D eigenvalue weighted by molar-refractivity contribution is 5.29. The summed E-state index contributed by atoms with van der Waals surface area (Å²) in [7, 11) is 0. The lowest BCUT2D eigenvalue weighted by atomic mass is 10.0. The van der Waals surface area contributed by atoms with Gasteiger partial charge in [0.1, 0.15) is 18.0 Å². The second-order valence-electron chi connectivity index (χ2n) is 4.17. The third-order valence-electron chi connectivity index (χ3n) is 2.83. The first-order valence-corrected chi connectivity index (χ1v) is 5.63. The Labute approximate surface area is 106 Å². The molecule has 0 saturated carbocycles. The maximum absolute atomic E-state index is 13.1. The van der Waals surface area contributed by atoms with Crippen molar-refractivity contribution in [2.75, 3.05) is 19.8 Å². The van der Waals surface area contributed by atoms with Gasteiger partial charge < -0.3 is 14.6 Å². The zero-order valence-corrected chi connectivity index (χ0v) is 9.78. The van der Waals surface area contributed by atoms with Crippen molar-refractivity contribution in [1.29, 1.82) is 0 Å². The van der Waals surface area contributed by atoms with Crippen molar-refractivity contribution in [2.45, 2.75) is 18.4 Å². The molecule has 1 aliphatic heterocycles. The van der Waals surface area contributed by atoms with Crippen LogP contribution in [0.15, 0.2) is 18.2 Å². The molecule has 1 saturated heterocycles. The standard InChI is InChI=1S/C12H12F4O3/c13-9-2-1-7(5-8(9)12(14,15)16)11(17)10-6-18-3-4-19-10/h1-2,5,10-11,17H,3-4,6H2. The minimum atomic E-state index is -4.80. The van der Waals surface area contributed by atoms with Crippen LogP contribution < -0.4 is 0 Å². The molecule has 1 aliphatic rings. The van der Waals surface area contributed by atoms with Crippen LogP contribution in [0, 0.1) is 5.82 Å². The van der Waals surface area contributed by atoms with Gasteiger partial charge in [0.2, 0.25) is 0 Å². The van der Waals surface area contributed by atoms with Gasteiger partial charge in [0.05, 0.1) is 25.4 Å². The minimum absolute atomic E-state index is 0.0516. The summed E-state index contributed by atoms with van der Waals surface area (Å²) in [5, 5.41) is 9.93. The highest BCUT2D eigenvalue weighted by Crippen LogP contribution is 2.33. The van der Waals surface area contributed by atoms with Gasteiger partial charge in [0, 0.05) is 0 Å². The van der Waals surface area contributed by atoms with E-state index in [9.17, 15) is 22.7 Å². The molecule has 1 aromatic rings. The molecule has 0 spiro atoms. The molecular weight excluding hydrogens is 268 g/mol. The van der Waals surface area contributed by atoms with E-state index in [-0.39, 0.29) is 18.8 Å². The van der Waals surface area contributed by atoms with Gasteiger partial charge in [-0.05, 0) is 17.7 Å². The SMILES string of the molecule is OC(c1ccc(F)c(C(F)(F)F)c1)C1COCCO1. The van der Waals surface area contributed by atoms with E-state index < -0.39 is 29.8 Å². The predicted molar refractivity (Wildman–Crippen MR) is 56.9 cm³/mol. The number of aliphatic hydroxyl groups excluding tert-OH is 1. The summed E-state index contributed by atoms with van der Waals surface area (Å²) in [6.45, 7) is 0.718. The molecule has 19 heavy (non-hydrogen) atoms. The second-order valence-corrected chi connectivity index (χ2v) is 4.17. The monoisotopic (exact) mass is 280 g/mol. The van der Waals surface area contributed by atoms with Gasteiger partial charge in [-0.2, -0.15) is 13.2 Å². The number of hydrogen-bond donors (Lipinski definition) is 1. The Kier molecular flexibility index (Phi) is 4.07. The molecule has 0 amide bonds. The summed E-state index contributed by atoms with van der Waals surface area (Å²) in [5.41, 5.74) is -1.45. The van der Waals surface area contributed by atoms with Crippen LogP contribution in [0.5, 0.6) is 0 Å². The quantitative estimate of drug-likeness (QED) is 0.845. The Morgan fingerprint density at radius 3 is 2.58 bits per heavy atom. The average Bonchev–Trinajstić information content (AvgIpc) is 2.38. The number of benzene rings is 1. The number of aliphatic hydroxyl groups is 1. The van der Waals surface area contributed by atoms with Crippen molar-refractivity contribution in [3.05, 3.63) is 35.1 Å². The number of hydrogen-bond acceptors (Lipinski definition) is 3. The molecule has 0 aliphatic carbocycles. The summed E-state index contributed by atoms with van der Waals surface area (Å²) >= 11 is 0. The molecule has 1 N–H and O–H groups in total. The van der Waals surface area contributed by atoms with Gasteiger partial charge in [-0.15, -0.1) is 0 Å². The Morgan fingerprint density at radius 1 is 1.26 bits per heavy atom. The fourth-order valence-corrected chi connectivity index (χ4v) is 1.85. The van der Waals surface area contributed by atoms with Gasteiger partial charge >= 0.3 is 6.18 Å². The van der Waals surface area contributed by atoms with Crippen LogP contribution in [-0.4, -0.2) is 31.0 Å². The molecule has 1 aromatic carbocycles. The average molecular weight is 280 g/mol. The third-order valence-corrected chi connectivity index (χ3v) is 2.83. The van der Waals surface area contributed by atoms with Crippen LogP contribution in [0.4, 0.5) is 17.6 Å². The molecular formula is C12H12F4O3. The molecule has 7 heteroatoms. The first-order valence-electron chi connectivity index (χ1n) is 5.63. The highest BCUT2D eigenvalue weighted by atomic mass is 19.4. The smallest absolute Gasteiger partial charge is 0.386 e. The Bertz CT molecular complexity index is 441. The number of rotatable bonds is 2. The first kappa shape index (κ1) is 14.2. The van der Waals surface area contributed by atoms with Crippen LogP contribution in [-0.2, 0) is 15.7 Å². The van der Waals surface area contributed by atoms with E-state index in [0.717, 1.165) is 6.07 Å². The van der Waals surface area contributed by atoms with Crippen LogP contribution >= 0.6 is 0 Å². The molecule has 3 nitrogen and oxygen atoms in total. The molecule has 2 unspecified atom stereocenters. The number of ether oxygens (including phenoxy) is 2. The van der Waals surface area contributed by atoms with Crippen LogP contribution in [0.1, 0.15) is 17.2 Å². The normalized spacial score (nSPS) is 22.3. The van der Waals surface area contributed by atoms with Gasteiger partial charge in [0.25, 0.3) is 0 Å². The van der Waals surface area contributed by atoms with Crippen molar-refractivity contribution < 1.29 is 32.1 Å². The molecule has 0 radical (unpaired) electrons. The Morgan fingerprint density at radius 2 is 2.00 bits per heavy atom.